The van der Waals surface area contributed by atoms with Crippen molar-refractivity contribution in [2.24, 2.45) is 5.92 Å². The number of fused-ring (bicyclic) bond motifs is 1. The summed E-state index contributed by atoms with van der Waals surface area (Å²) in [5, 5.41) is 10.5. The quantitative estimate of drug-likeness (QED) is 0.937. The second kappa shape index (κ2) is 5.77. The molecule has 114 valence electrons. The molecule has 5 heteroatoms. The Morgan fingerprint density at radius 3 is 2.45 bits per heavy atom. The fourth-order valence-electron chi connectivity index (χ4n) is 2.90. The standard InChI is InChI=1S/C17H17NO4/c1-21-14-8-11-7-13(16(19)10-3-5-18-6-4-10)17(20)12(11)9-15(14)22-2/h3-6,8-9,13,16,19H,7H2,1-2H3. The minimum Gasteiger partial charge on any atom is -0.493 e. The summed E-state index contributed by atoms with van der Waals surface area (Å²) in [6, 6.07) is 6.95. The highest BCUT2D eigenvalue weighted by Gasteiger charge is 2.37. The van der Waals surface area contributed by atoms with Gasteiger partial charge in [0.1, 0.15) is 0 Å². The zero-order valence-corrected chi connectivity index (χ0v) is 12.4. The fourth-order valence-corrected chi connectivity index (χ4v) is 2.90. The maximum absolute atomic E-state index is 12.6. The Morgan fingerprint density at radius 1 is 1.18 bits per heavy atom. The number of hydrogen-bond acceptors (Lipinski definition) is 5. The summed E-state index contributed by atoms with van der Waals surface area (Å²) < 4.78 is 10.5. The summed E-state index contributed by atoms with van der Waals surface area (Å²) in [7, 11) is 3.09. The number of ketones is 1. The molecule has 1 aliphatic carbocycles. The highest BCUT2D eigenvalue weighted by atomic mass is 16.5. The van der Waals surface area contributed by atoms with E-state index in [9.17, 15) is 9.90 Å². The van der Waals surface area contributed by atoms with Gasteiger partial charge in [0.15, 0.2) is 17.3 Å². The monoisotopic (exact) mass is 299 g/mol. The van der Waals surface area contributed by atoms with E-state index in [2.05, 4.69) is 4.98 Å². The van der Waals surface area contributed by atoms with Crippen LogP contribution in [0.3, 0.4) is 0 Å². The predicted octanol–water partition coefficient (Wildman–Crippen LogP) is 2.19. The lowest BCUT2D eigenvalue weighted by Gasteiger charge is -2.16. The van der Waals surface area contributed by atoms with Crippen molar-refractivity contribution in [1.29, 1.82) is 0 Å². The zero-order valence-electron chi connectivity index (χ0n) is 12.4. The number of carbonyl (C=O) groups excluding carboxylic acids is 1. The Hall–Kier alpha value is -2.40. The van der Waals surface area contributed by atoms with E-state index in [1.165, 1.54) is 7.11 Å². The van der Waals surface area contributed by atoms with E-state index in [1.54, 1.807) is 37.7 Å². The first-order chi connectivity index (χ1) is 10.7. The van der Waals surface area contributed by atoms with Gasteiger partial charge in [0.2, 0.25) is 0 Å². The van der Waals surface area contributed by atoms with Gasteiger partial charge in [-0.25, -0.2) is 0 Å². The number of aliphatic hydroxyl groups is 1. The molecule has 2 aromatic rings. The van der Waals surface area contributed by atoms with Crippen LogP contribution in [0.1, 0.15) is 27.6 Å². The van der Waals surface area contributed by atoms with Gasteiger partial charge in [0.25, 0.3) is 0 Å². The average Bonchev–Trinajstić information content (AvgIpc) is 2.89. The van der Waals surface area contributed by atoms with E-state index < -0.39 is 12.0 Å². The van der Waals surface area contributed by atoms with Gasteiger partial charge < -0.3 is 14.6 Å². The summed E-state index contributed by atoms with van der Waals surface area (Å²) in [5.41, 5.74) is 2.16. The minimum atomic E-state index is -0.847. The third kappa shape index (κ3) is 2.33. The van der Waals surface area contributed by atoms with Crippen LogP contribution in [0.15, 0.2) is 36.7 Å². The molecule has 5 nitrogen and oxygen atoms in total. The van der Waals surface area contributed by atoms with E-state index in [0.717, 1.165) is 5.56 Å². The van der Waals surface area contributed by atoms with E-state index in [0.29, 0.717) is 29.0 Å². The topological polar surface area (TPSA) is 68.7 Å². The molecule has 0 fully saturated rings. The molecule has 1 N–H and O–H groups in total. The molecule has 2 atom stereocenters. The van der Waals surface area contributed by atoms with Crippen LogP contribution in [-0.4, -0.2) is 30.1 Å². The third-order valence-corrected chi connectivity index (χ3v) is 4.08. The number of benzene rings is 1. The molecule has 0 saturated heterocycles. The molecule has 0 aliphatic heterocycles. The van der Waals surface area contributed by atoms with Crippen LogP contribution in [0.2, 0.25) is 0 Å². The van der Waals surface area contributed by atoms with Crippen molar-refractivity contribution < 1.29 is 19.4 Å². The van der Waals surface area contributed by atoms with Crippen molar-refractivity contribution in [2.75, 3.05) is 14.2 Å². The number of nitrogens with zero attached hydrogens (tertiary/aromatic N) is 1. The molecule has 1 aromatic heterocycles. The molecule has 1 heterocycles. The molecular weight excluding hydrogens is 282 g/mol. The van der Waals surface area contributed by atoms with Gasteiger partial charge in [0, 0.05) is 18.0 Å². The number of ether oxygens (including phenoxy) is 2. The maximum atomic E-state index is 12.6. The van der Waals surface area contributed by atoms with Gasteiger partial charge in [-0.05, 0) is 41.8 Å². The molecular formula is C17H17NO4. The predicted molar refractivity (Wildman–Crippen MR) is 80.3 cm³/mol. The molecule has 0 bridgehead atoms. The lowest BCUT2D eigenvalue weighted by molar-refractivity contribution is 0.0709. The van der Waals surface area contributed by atoms with E-state index >= 15 is 0 Å². The second-order valence-corrected chi connectivity index (χ2v) is 5.26. The zero-order chi connectivity index (χ0) is 15.7. The van der Waals surface area contributed by atoms with Gasteiger partial charge in [-0.2, -0.15) is 0 Å². The number of carbonyl (C=O) groups is 1. The average molecular weight is 299 g/mol. The second-order valence-electron chi connectivity index (χ2n) is 5.26. The molecule has 22 heavy (non-hydrogen) atoms. The van der Waals surface area contributed by atoms with Crippen LogP contribution in [-0.2, 0) is 6.42 Å². The number of pyridine rings is 1. The Kier molecular flexibility index (Phi) is 3.81. The molecule has 2 unspecified atom stereocenters. The van der Waals surface area contributed by atoms with Gasteiger partial charge in [-0.1, -0.05) is 0 Å². The maximum Gasteiger partial charge on any atom is 0.169 e. The number of methoxy groups -OCH3 is 2. The largest absolute Gasteiger partial charge is 0.493 e. The van der Waals surface area contributed by atoms with Crippen LogP contribution < -0.4 is 9.47 Å². The minimum absolute atomic E-state index is 0.0692. The smallest absolute Gasteiger partial charge is 0.169 e. The molecule has 0 radical (unpaired) electrons. The number of aliphatic hydroxyl groups excluding tert-OH is 1. The van der Waals surface area contributed by atoms with Crippen molar-refractivity contribution >= 4 is 5.78 Å². The normalized spacial score (nSPS) is 18.0. The summed E-state index contributed by atoms with van der Waals surface area (Å²) >= 11 is 0. The van der Waals surface area contributed by atoms with Crippen molar-refractivity contribution in [3.63, 3.8) is 0 Å². The Bertz CT molecular complexity index is 699. The van der Waals surface area contributed by atoms with Crippen molar-refractivity contribution in [1.82, 2.24) is 4.98 Å². The van der Waals surface area contributed by atoms with Gasteiger partial charge in [-0.3, -0.25) is 9.78 Å². The molecule has 0 amide bonds. The summed E-state index contributed by atoms with van der Waals surface area (Å²) in [6.45, 7) is 0. The molecule has 3 rings (SSSR count). The summed E-state index contributed by atoms with van der Waals surface area (Å²) in [5.74, 6) is 0.552. The number of aromatic nitrogens is 1. The van der Waals surface area contributed by atoms with Crippen molar-refractivity contribution in [3.05, 3.63) is 53.3 Å². The first-order valence-electron chi connectivity index (χ1n) is 7.02. The van der Waals surface area contributed by atoms with Gasteiger partial charge in [-0.15, -0.1) is 0 Å². The third-order valence-electron chi connectivity index (χ3n) is 4.08. The van der Waals surface area contributed by atoms with Gasteiger partial charge in [0.05, 0.1) is 26.2 Å². The first-order valence-corrected chi connectivity index (χ1v) is 7.02. The molecule has 0 spiro atoms. The summed E-state index contributed by atoms with van der Waals surface area (Å²) in [6.07, 6.45) is 2.85. The molecule has 1 aliphatic rings. The highest BCUT2D eigenvalue weighted by Crippen LogP contribution is 2.40. The van der Waals surface area contributed by atoms with Crippen LogP contribution in [0.4, 0.5) is 0 Å². The van der Waals surface area contributed by atoms with E-state index in [-0.39, 0.29) is 5.78 Å². The molecule has 1 aromatic carbocycles. The van der Waals surface area contributed by atoms with Crippen LogP contribution >= 0.6 is 0 Å². The van der Waals surface area contributed by atoms with Crippen molar-refractivity contribution in [2.45, 2.75) is 12.5 Å². The Labute approximate surface area is 128 Å². The van der Waals surface area contributed by atoms with E-state index in [1.807, 2.05) is 6.07 Å². The SMILES string of the molecule is COc1cc2c(cc1OC)C(=O)C(C(O)c1ccncc1)C2. The van der Waals surface area contributed by atoms with Crippen LogP contribution in [0, 0.1) is 5.92 Å². The van der Waals surface area contributed by atoms with Gasteiger partial charge >= 0.3 is 0 Å². The van der Waals surface area contributed by atoms with Crippen molar-refractivity contribution in [3.8, 4) is 11.5 Å². The van der Waals surface area contributed by atoms with Crippen LogP contribution in [0.25, 0.3) is 0 Å². The lowest BCUT2D eigenvalue weighted by Crippen LogP contribution is -2.18. The Balaban J connectivity index is 1.94. The number of Topliss-reactive ketones (excluding diaryl/α,β-unsaturated/α-hetero) is 1. The Morgan fingerprint density at radius 2 is 1.82 bits per heavy atom. The fraction of sp³-hybridized carbons (Fsp3) is 0.294. The van der Waals surface area contributed by atoms with E-state index in [4.69, 9.17) is 9.47 Å². The molecule has 0 saturated carbocycles. The lowest BCUT2D eigenvalue weighted by atomic mass is 9.93. The van der Waals surface area contributed by atoms with Crippen LogP contribution in [0.5, 0.6) is 11.5 Å². The number of hydrogen-bond donors (Lipinski definition) is 1. The highest BCUT2D eigenvalue weighted by molar-refractivity contribution is 6.03. The first kappa shape index (κ1) is 14.5. The number of rotatable bonds is 4. The summed E-state index contributed by atoms with van der Waals surface area (Å²) in [4.78, 5) is 16.5.